The van der Waals surface area contributed by atoms with Gasteiger partial charge >= 0.3 is 0 Å². The summed E-state index contributed by atoms with van der Waals surface area (Å²) < 4.78 is 11.0. The number of rotatable bonds is 8. The van der Waals surface area contributed by atoms with Crippen LogP contribution in [0.25, 0.3) is 0 Å². The summed E-state index contributed by atoms with van der Waals surface area (Å²) in [6, 6.07) is 12.6. The number of methoxy groups -OCH3 is 1. The van der Waals surface area contributed by atoms with Crippen LogP contribution in [0.5, 0.6) is 0 Å². The van der Waals surface area contributed by atoms with E-state index in [1.807, 2.05) is 12.1 Å². The van der Waals surface area contributed by atoms with Gasteiger partial charge in [0.15, 0.2) is 5.96 Å². The quantitative estimate of drug-likeness (QED) is 0.319. The molecular formula is C22H33IN4O2. The van der Waals surface area contributed by atoms with E-state index in [1.165, 1.54) is 30.4 Å². The van der Waals surface area contributed by atoms with Crippen molar-refractivity contribution in [2.24, 2.45) is 4.99 Å². The van der Waals surface area contributed by atoms with E-state index < -0.39 is 0 Å². The van der Waals surface area contributed by atoms with Gasteiger partial charge in [-0.25, -0.2) is 0 Å². The normalized spacial score (nSPS) is 16.1. The maximum absolute atomic E-state index is 5.73. The van der Waals surface area contributed by atoms with Gasteiger partial charge in [-0.15, -0.1) is 24.0 Å². The van der Waals surface area contributed by atoms with Crippen LogP contribution in [0.3, 0.4) is 0 Å². The molecule has 1 aliphatic rings. The highest BCUT2D eigenvalue weighted by Gasteiger charge is 2.24. The van der Waals surface area contributed by atoms with E-state index in [0.717, 1.165) is 31.4 Å². The molecule has 0 amide bonds. The molecule has 1 aliphatic heterocycles. The number of likely N-dealkylation sites (tertiary alicyclic amines) is 1. The van der Waals surface area contributed by atoms with Gasteiger partial charge < -0.3 is 19.8 Å². The standard InChI is InChI=1S/C22H32N4O2.HI/c1-23-22(24-15-18-9-4-5-10-19(18)17-27-2)25-16-20(21-11-8-14-28-21)26-12-6-3-7-13-26;/h4-5,8-11,14,20H,3,6-7,12-13,15-17H2,1-2H3,(H2,23,24,25);1H. The summed E-state index contributed by atoms with van der Waals surface area (Å²) in [4.78, 5) is 6.90. The number of nitrogens with one attached hydrogen (secondary N) is 2. The Hall–Kier alpha value is -1.58. The van der Waals surface area contributed by atoms with Crippen LogP contribution in [0, 0.1) is 0 Å². The van der Waals surface area contributed by atoms with Crippen molar-refractivity contribution in [3.05, 3.63) is 59.5 Å². The lowest BCUT2D eigenvalue weighted by Gasteiger charge is -2.33. The number of piperidine rings is 1. The molecule has 1 aromatic carbocycles. The second-order valence-electron chi connectivity index (χ2n) is 7.14. The van der Waals surface area contributed by atoms with E-state index in [2.05, 4.69) is 44.8 Å². The zero-order valence-corrected chi connectivity index (χ0v) is 19.7. The van der Waals surface area contributed by atoms with Crippen LogP contribution in [0.4, 0.5) is 0 Å². The van der Waals surface area contributed by atoms with Crippen molar-refractivity contribution in [2.75, 3.05) is 33.8 Å². The Bertz CT molecular complexity index is 730. The summed E-state index contributed by atoms with van der Waals surface area (Å²) in [5, 5.41) is 6.91. The van der Waals surface area contributed by atoms with Crippen LogP contribution in [-0.2, 0) is 17.9 Å². The molecule has 0 spiro atoms. The number of halogens is 1. The van der Waals surface area contributed by atoms with Crippen molar-refractivity contribution < 1.29 is 9.15 Å². The minimum Gasteiger partial charge on any atom is -0.468 e. The van der Waals surface area contributed by atoms with E-state index >= 15 is 0 Å². The Labute approximate surface area is 191 Å². The van der Waals surface area contributed by atoms with E-state index in [1.54, 1.807) is 20.4 Å². The number of hydrogen-bond acceptors (Lipinski definition) is 4. The van der Waals surface area contributed by atoms with Gasteiger partial charge in [0.25, 0.3) is 0 Å². The maximum Gasteiger partial charge on any atom is 0.191 e. The number of benzene rings is 1. The average molecular weight is 512 g/mol. The fraction of sp³-hybridized carbons (Fsp3) is 0.500. The van der Waals surface area contributed by atoms with E-state index in [-0.39, 0.29) is 30.0 Å². The highest BCUT2D eigenvalue weighted by atomic mass is 127. The second kappa shape index (κ2) is 12.9. The summed E-state index contributed by atoms with van der Waals surface area (Å²) in [5.74, 6) is 1.80. The molecule has 0 saturated carbocycles. The molecule has 1 atom stereocenters. The van der Waals surface area contributed by atoms with Crippen molar-refractivity contribution in [1.29, 1.82) is 0 Å². The van der Waals surface area contributed by atoms with Crippen LogP contribution in [0.15, 0.2) is 52.1 Å². The van der Waals surface area contributed by atoms with Gasteiger partial charge in [-0.1, -0.05) is 30.7 Å². The molecule has 2 aromatic rings. The molecule has 1 aromatic heterocycles. The first-order valence-electron chi connectivity index (χ1n) is 10.1. The van der Waals surface area contributed by atoms with Crippen LogP contribution in [-0.4, -0.2) is 44.7 Å². The van der Waals surface area contributed by atoms with Gasteiger partial charge in [-0.2, -0.15) is 0 Å². The monoisotopic (exact) mass is 512 g/mol. The topological polar surface area (TPSA) is 62.0 Å². The number of furan rings is 1. The Morgan fingerprint density at radius 1 is 1.10 bits per heavy atom. The number of guanidine groups is 1. The summed E-state index contributed by atoms with van der Waals surface area (Å²) >= 11 is 0. The zero-order valence-electron chi connectivity index (χ0n) is 17.4. The fourth-order valence-corrected chi connectivity index (χ4v) is 3.74. The molecule has 6 nitrogen and oxygen atoms in total. The third kappa shape index (κ3) is 7.01. The molecule has 160 valence electrons. The third-order valence-electron chi connectivity index (χ3n) is 5.25. The molecule has 7 heteroatoms. The molecule has 0 radical (unpaired) electrons. The van der Waals surface area contributed by atoms with Gasteiger partial charge in [0.05, 0.1) is 18.9 Å². The molecule has 29 heavy (non-hydrogen) atoms. The predicted octanol–water partition coefficient (Wildman–Crippen LogP) is 3.94. The van der Waals surface area contributed by atoms with E-state index in [4.69, 9.17) is 9.15 Å². The average Bonchev–Trinajstić information content (AvgIpc) is 3.27. The first kappa shape index (κ1) is 23.7. The number of ether oxygens (including phenoxy) is 1. The lowest BCUT2D eigenvalue weighted by atomic mass is 10.1. The van der Waals surface area contributed by atoms with Crippen LogP contribution in [0.1, 0.15) is 42.2 Å². The first-order chi connectivity index (χ1) is 13.8. The maximum atomic E-state index is 5.73. The summed E-state index contributed by atoms with van der Waals surface area (Å²) in [5.41, 5.74) is 2.40. The molecule has 2 N–H and O–H groups in total. The lowest BCUT2D eigenvalue weighted by molar-refractivity contribution is 0.146. The zero-order chi connectivity index (χ0) is 19.6. The lowest BCUT2D eigenvalue weighted by Crippen LogP contribution is -2.44. The highest BCUT2D eigenvalue weighted by molar-refractivity contribution is 14.0. The van der Waals surface area contributed by atoms with E-state index in [9.17, 15) is 0 Å². The largest absolute Gasteiger partial charge is 0.468 e. The molecule has 1 unspecified atom stereocenters. The van der Waals surface area contributed by atoms with Crippen LogP contribution >= 0.6 is 24.0 Å². The Balaban J connectivity index is 0.00000300. The third-order valence-corrected chi connectivity index (χ3v) is 5.25. The van der Waals surface area contributed by atoms with Gasteiger partial charge in [0, 0.05) is 27.2 Å². The number of nitrogens with zero attached hydrogens (tertiary/aromatic N) is 2. The van der Waals surface area contributed by atoms with Crippen molar-refractivity contribution in [1.82, 2.24) is 15.5 Å². The molecule has 1 fully saturated rings. The molecule has 0 aliphatic carbocycles. The SMILES string of the molecule is CN=C(NCc1ccccc1COC)NCC(c1ccco1)N1CCCCC1.I. The Kier molecular flexibility index (Phi) is 10.5. The predicted molar refractivity (Wildman–Crippen MR) is 128 cm³/mol. The summed E-state index contributed by atoms with van der Waals surface area (Å²) in [6.45, 7) is 4.30. The van der Waals surface area contributed by atoms with Crippen molar-refractivity contribution in [3.63, 3.8) is 0 Å². The van der Waals surface area contributed by atoms with Crippen molar-refractivity contribution >= 4 is 29.9 Å². The van der Waals surface area contributed by atoms with Crippen molar-refractivity contribution in [3.8, 4) is 0 Å². The van der Waals surface area contributed by atoms with Gasteiger partial charge in [0.2, 0.25) is 0 Å². The summed E-state index contributed by atoms with van der Waals surface area (Å²) in [6.07, 6.45) is 5.58. The fourth-order valence-electron chi connectivity index (χ4n) is 3.74. The molecule has 3 rings (SSSR count). The minimum atomic E-state index is 0. The van der Waals surface area contributed by atoms with Gasteiger partial charge in [-0.3, -0.25) is 9.89 Å². The van der Waals surface area contributed by atoms with Crippen molar-refractivity contribution in [2.45, 2.75) is 38.5 Å². The Morgan fingerprint density at radius 3 is 2.52 bits per heavy atom. The first-order valence-corrected chi connectivity index (χ1v) is 10.1. The minimum absolute atomic E-state index is 0. The number of aliphatic imine (C=N–C) groups is 1. The molecule has 0 bridgehead atoms. The smallest absolute Gasteiger partial charge is 0.191 e. The highest BCUT2D eigenvalue weighted by Crippen LogP contribution is 2.24. The summed E-state index contributed by atoms with van der Waals surface area (Å²) in [7, 11) is 3.53. The van der Waals surface area contributed by atoms with Gasteiger partial charge in [0.1, 0.15) is 5.76 Å². The molecule has 2 heterocycles. The molecule has 1 saturated heterocycles. The van der Waals surface area contributed by atoms with E-state index in [0.29, 0.717) is 13.2 Å². The Morgan fingerprint density at radius 2 is 1.86 bits per heavy atom. The van der Waals surface area contributed by atoms with Crippen LogP contribution < -0.4 is 10.6 Å². The van der Waals surface area contributed by atoms with Crippen LogP contribution in [0.2, 0.25) is 0 Å². The second-order valence-corrected chi connectivity index (χ2v) is 7.14. The molecular weight excluding hydrogens is 479 g/mol. The van der Waals surface area contributed by atoms with Gasteiger partial charge in [-0.05, 0) is 49.2 Å². The number of hydrogen-bond donors (Lipinski definition) is 2.